The number of aryl methyl sites for hydroxylation is 2. The van der Waals surface area contributed by atoms with Crippen molar-refractivity contribution in [1.82, 2.24) is 9.78 Å². The number of hydrogen-bond donors (Lipinski definition) is 1. The van der Waals surface area contributed by atoms with E-state index in [2.05, 4.69) is 57.1 Å². The number of rotatable bonds is 2. The van der Waals surface area contributed by atoms with Crippen molar-refractivity contribution in [3.05, 3.63) is 41.1 Å². The summed E-state index contributed by atoms with van der Waals surface area (Å²) in [6.45, 7) is 9.32. The highest BCUT2D eigenvalue weighted by atomic mass is 15.3. The van der Waals surface area contributed by atoms with Gasteiger partial charge < -0.3 is 5.73 Å². The fourth-order valence-corrected chi connectivity index (χ4v) is 2.19. The Labute approximate surface area is 115 Å². The first kappa shape index (κ1) is 13.8. The van der Waals surface area contributed by atoms with Gasteiger partial charge in [0.05, 0.1) is 11.4 Å². The summed E-state index contributed by atoms with van der Waals surface area (Å²) >= 11 is 0. The van der Waals surface area contributed by atoms with Crippen LogP contribution in [-0.2, 0) is 19.0 Å². The summed E-state index contributed by atoms with van der Waals surface area (Å²) in [5.41, 5.74) is 11.7. The molecule has 0 aliphatic rings. The molecule has 2 N–H and O–H groups in total. The van der Waals surface area contributed by atoms with Gasteiger partial charge in [0, 0.05) is 19.2 Å². The fraction of sp³-hybridized carbons (Fsp3) is 0.438. The summed E-state index contributed by atoms with van der Waals surface area (Å²) in [6, 6.07) is 8.70. The maximum absolute atomic E-state index is 5.72. The van der Waals surface area contributed by atoms with Crippen LogP contribution in [0.15, 0.2) is 24.3 Å². The van der Waals surface area contributed by atoms with Gasteiger partial charge in [-0.3, -0.25) is 4.68 Å². The maximum Gasteiger partial charge on any atom is 0.0929 e. The van der Waals surface area contributed by atoms with Gasteiger partial charge in [-0.15, -0.1) is 0 Å². The Morgan fingerprint density at radius 3 is 2.42 bits per heavy atom. The summed E-state index contributed by atoms with van der Waals surface area (Å²) in [5, 5.41) is 4.57. The molecule has 3 nitrogen and oxygen atoms in total. The van der Waals surface area contributed by atoms with E-state index in [9.17, 15) is 0 Å². The zero-order valence-electron chi connectivity index (χ0n) is 12.5. The van der Waals surface area contributed by atoms with Crippen LogP contribution in [0.1, 0.15) is 37.6 Å². The van der Waals surface area contributed by atoms with Gasteiger partial charge >= 0.3 is 0 Å². The molecule has 102 valence electrons. The van der Waals surface area contributed by atoms with Crippen molar-refractivity contribution in [2.75, 3.05) is 0 Å². The molecule has 0 fully saturated rings. The molecule has 1 heterocycles. The van der Waals surface area contributed by atoms with Crippen LogP contribution >= 0.6 is 0 Å². The maximum atomic E-state index is 5.72. The van der Waals surface area contributed by atoms with Gasteiger partial charge in [-0.2, -0.15) is 5.10 Å². The minimum Gasteiger partial charge on any atom is -0.325 e. The molecule has 0 saturated carbocycles. The molecular weight excluding hydrogens is 234 g/mol. The summed E-state index contributed by atoms with van der Waals surface area (Å²) < 4.78 is 1.86. The standard InChI is InChI=1S/C16H23N3/c1-11-6-7-12(16(2,3)4)8-14(11)15-9-13(10-17)19(5)18-15/h6-9H,10,17H2,1-5H3. The molecule has 2 aromatic rings. The van der Waals surface area contributed by atoms with E-state index in [1.807, 2.05) is 11.7 Å². The van der Waals surface area contributed by atoms with Crippen LogP contribution in [0.5, 0.6) is 0 Å². The van der Waals surface area contributed by atoms with Gasteiger partial charge in [-0.05, 0) is 35.6 Å². The molecule has 1 aromatic heterocycles. The fourth-order valence-electron chi connectivity index (χ4n) is 2.19. The first-order valence-electron chi connectivity index (χ1n) is 6.67. The number of hydrogen-bond acceptors (Lipinski definition) is 2. The predicted octanol–water partition coefficient (Wildman–Crippen LogP) is 3.15. The largest absolute Gasteiger partial charge is 0.325 e. The normalized spacial score (nSPS) is 11.9. The van der Waals surface area contributed by atoms with Crippen molar-refractivity contribution < 1.29 is 0 Å². The predicted molar refractivity (Wildman–Crippen MR) is 80.0 cm³/mol. The summed E-state index contributed by atoms with van der Waals surface area (Å²) in [7, 11) is 1.94. The molecule has 0 spiro atoms. The van der Waals surface area contributed by atoms with E-state index in [4.69, 9.17) is 5.73 Å². The summed E-state index contributed by atoms with van der Waals surface area (Å²) in [5.74, 6) is 0. The second-order valence-corrected chi connectivity index (χ2v) is 6.13. The van der Waals surface area contributed by atoms with Crippen molar-refractivity contribution in [2.24, 2.45) is 12.8 Å². The van der Waals surface area contributed by atoms with E-state index < -0.39 is 0 Å². The number of nitrogens with two attached hydrogens (primary N) is 1. The van der Waals surface area contributed by atoms with Crippen molar-refractivity contribution in [1.29, 1.82) is 0 Å². The Morgan fingerprint density at radius 2 is 1.89 bits per heavy atom. The molecule has 0 saturated heterocycles. The van der Waals surface area contributed by atoms with Gasteiger partial charge in [0.1, 0.15) is 0 Å². The monoisotopic (exact) mass is 257 g/mol. The first-order chi connectivity index (χ1) is 8.82. The van der Waals surface area contributed by atoms with Crippen molar-refractivity contribution in [3.63, 3.8) is 0 Å². The number of aromatic nitrogens is 2. The van der Waals surface area contributed by atoms with Gasteiger partial charge in [-0.1, -0.05) is 32.9 Å². The van der Waals surface area contributed by atoms with Crippen LogP contribution in [0.25, 0.3) is 11.3 Å². The second-order valence-electron chi connectivity index (χ2n) is 6.13. The van der Waals surface area contributed by atoms with Crippen LogP contribution < -0.4 is 5.73 Å². The molecule has 0 aliphatic carbocycles. The lowest BCUT2D eigenvalue weighted by Gasteiger charge is -2.20. The number of benzene rings is 1. The molecule has 0 bridgehead atoms. The molecule has 0 unspecified atom stereocenters. The Balaban J connectivity index is 2.54. The van der Waals surface area contributed by atoms with Crippen LogP contribution in [0.4, 0.5) is 0 Å². The first-order valence-corrected chi connectivity index (χ1v) is 6.67. The molecule has 3 heteroatoms. The van der Waals surface area contributed by atoms with E-state index in [0.717, 1.165) is 11.4 Å². The highest BCUT2D eigenvalue weighted by Crippen LogP contribution is 2.29. The zero-order chi connectivity index (χ0) is 14.2. The third-order valence-corrected chi connectivity index (χ3v) is 3.57. The van der Waals surface area contributed by atoms with Crippen LogP contribution in [0, 0.1) is 6.92 Å². The van der Waals surface area contributed by atoms with E-state index in [1.54, 1.807) is 0 Å². The third kappa shape index (κ3) is 2.71. The molecule has 19 heavy (non-hydrogen) atoms. The molecule has 1 aromatic carbocycles. The van der Waals surface area contributed by atoms with E-state index in [-0.39, 0.29) is 5.41 Å². The van der Waals surface area contributed by atoms with Crippen molar-refractivity contribution in [2.45, 2.75) is 39.7 Å². The Bertz CT molecular complexity index is 589. The molecular formula is C16H23N3. The van der Waals surface area contributed by atoms with E-state index in [1.165, 1.54) is 16.7 Å². The molecule has 0 aliphatic heterocycles. The van der Waals surface area contributed by atoms with Gasteiger partial charge in [0.2, 0.25) is 0 Å². The Morgan fingerprint density at radius 1 is 1.21 bits per heavy atom. The Hall–Kier alpha value is -1.61. The lowest BCUT2D eigenvalue weighted by atomic mass is 9.85. The molecule has 0 radical (unpaired) electrons. The highest BCUT2D eigenvalue weighted by Gasteiger charge is 2.16. The average Bonchev–Trinajstić information content (AvgIpc) is 2.69. The minimum atomic E-state index is 0.147. The molecule has 0 amide bonds. The summed E-state index contributed by atoms with van der Waals surface area (Å²) in [4.78, 5) is 0. The second kappa shape index (κ2) is 4.82. The van der Waals surface area contributed by atoms with Gasteiger partial charge in [0.15, 0.2) is 0 Å². The van der Waals surface area contributed by atoms with Gasteiger partial charge in [-0.25, -0.2) is 0 Å². The SMILES string of the molecule is Cc1ccc(C(C)(C)C)cc1-c1cc(CN)n(C)n1. The lowest BCUT2D eigenvalue weighted by Crippen LogP contribution is -2.11. The topological polar surface area (TPSA) is 43.8 Å². The van der Waals surface area contributed by atoms with E-state index >= 15 is 0 Å². The number of nitrogens with zero attached hydrogens (tertiary/aromatic N) is 2. The smallest absolute Gasteiger partial charge is 0.0929 e. The van der Waals surface area contributed by atoms with Crippen molar-refractivity contribution >= 4 is 0 Å². The quantitative estimate of drug-likeness (QED) is 0.898. The Kier molecular flexibility index (Phi) is 3.50. The van der Waals surface area contributed by atoms with E-state index in [0.29, 0.717) is 6.54 Å². The van der Waals surface area contributed by atoms with Crippen molar-refractivity contribution in [3.8, 4) is 11.3 Å². The minimum absolute atomic E-state index is 0.147. The lowest BCUT2D eigenvalue weighted by molar-refractivity contribution is 0.590. The van der Waals surface area contributed by atoms with Crippen LogP contribution in [0.2, 0.25) is 0 Å². The van der Waals surface area contributed by atoms with Gasteiger partial charge in [0.25, 0.3) is 0 Å². The summed E-state index contributed by atoms with van der Waals surface area (Å²) in [6.07, 6.45) is 0. The average molecular weight is 257 g/mol. The molecule has 2 rings (SSSR count). The van der Waals surface area contributed by atoms with Crippen LogP contribution in [-0.4, -0.2) is 9.78 Å². The zero-order valence-corrected chi connectivity index (χ0v) is 12.5. The molecule has 0 atom stereocenters. The van der Waals surface area contributed by atoms with Crippen LogP contribution in [0.3, 0.4) is 0 Å². The highest BCUT2D eigenvalue weighted by molar-refractivity contribution is 5.65. The third-order valence-electron chi connectivity index (χ3n) is 3.57.